The van der Waals surface area contributed by atoms with Crippen LogP contribution in [0.25, 0.3) is 0 Å². The average molecular weight is 338 g/mol. The Balaban J connectivity index is 2.38. The highest BCUT2D eigenvalue weighted by Gasteiger charge is 2.38. The van der Waals surface area contributed by atoms with Crippen LogP contribution >= 0.6 is 22.6 Å². The Bertz CT molecular complexity index is 375. The summed E-state index contributed by atoms with van der Waals surface area (Å²) in [6.45, 7) is 0.660. The molecule has 16 heavy (non-hydrogen) atoms. The van der Waals surface area contributed by atoms with E-state index in [9.17, 15) is 8.78 Å². The lowest BCUT2D eigenvalue weighted by Gasteiger charge is -2.28. The number of ether oxygens (including phenoxy) is 1. The van der Waals surface area contributed by atoms with Crippen molar-refractivity contribution in [3.63, 3.8) is 0 Å². The van der Waals surface area contributed by atoms with Gasteiger partial charge in [-0.25, -0.2) is 8.78 Å². The summed E-state index contributed by atoms with van der Waals surface area (Å²) in [5.41, 5.74) is -0.0260. The topological polar surface area (TPSA) is 9.23 Å². The minimum absolute atomic E-state index is 0.494. The number of hydrogen-bond acceptors (Lipinski definition) is 1. The predicted octanol–water partition coefficient (Wildman–Crippen LogP) is 3.80. The molecular formula is C12H13F2IO. The van der Waals surface area contributed by atoms with Crippen LogP contribution in [0.4, 0.5) is 8.78 Å². The minimum atomic E-state index is -0.538. The lowest BCUT2D eigenvalue weighted by atomic mass is 9.88. The first-order chi connectivity index (χ1) is 7.68. The third-order valence-electron chi connectivity index (χ3n) is 3.02. The van der Waals surface area contributed by atoms with Crippen LogP contribution < -0.4 is 0 Å². The Labute approximate surface area is 107 Å². The molecule has 88 valence electrons. The zero-order valence-electron chi connectivity index (χ0n) is 8.81. The molecular weight excluding hydrogens is 325 g/mol. The summed E-state index contributed by atoms with van der Waals surface area (Å²) in [5, 5.41) is 0. The van der Waals surface area contributed by atoms with Crippen LogP contribution in [0.2, 0.25) is 0 Å². The molecule has 0 N–H and O–H groups in total. The normalized spacial score (nSPS) is 24.9. The van der Waals surface area contributed by atoms with Crippen LogP contribution in [0.15, 0.2) is 18.2 Å². The lowest BCUT2D eigenvalue weighted by molar-refractivity contribution is -0.00442. The summed E-state index contributed by atoms with van der Waals surface area (Å²) < 4.78 is 33.2. The second kappa shape index (κ2) is 4.96. The van der Waals surface area contributed by atoms with Crippen LogP contribution in [0.5, 0.6) is 0 Å². The molecule has 1 unspecified atom stereocenters. The van der Waals surface area contributed by atoms with E-state index in [4.69, 9.17) is 4.74 Å². The largest absolute Gasteiger partial charge is 0.370 e. The van der Waals surface area contributed by atoms with Crippen molar-refractivity contribution < 1.29 is 13.5 Å². The fraction of sp³-hybridized carbons (Fsp3) is 0.500. The minimum Gasteiger partial charge on any atom is -0.370 e. The molecule has 1 aliphatic heterocycles. The van der Waals surface area contributed by atoms with Crippen LogP contribution in [0.3, 0.4) is 0 Å². The van der Waals surface area contributed by atoms with E-state index in [2.05, 4.69) is 22.6 Å². The highest BCUT2D eigenvalue weighted by atomic mass is 127. The van der Waals surface area contributed by atoms with Gasteiger partial charge in [0.15, 0.2) is 0 Å². The van der Waals surface area contributed by atoms with Crippen molar-refractivity contribution in [1.29, 1.82) is 0 Å². The first-order valence-electron chi connectivity index (χ1n) is 5.33. The van der Waals surface area contributed by atoms with E-state index in [-0.39, 0.29) is 0 Å². The van der Waals surface area contributed by atoms with Crippen LogP contribution in [0.1, 0.15) is 24.8 Å². The highest BCUT2D eigenvalue weighted by molar-refractivity contribution is 14.1. The molecule has 0 saturated carbocycles. The van der Waals surface area contributed by atoms with E-state index in [1.54, 1.807) is 0 Å². The first kappa shape index (κ1) is 12.2. The van der Waals surface area contributed by atoms with E-state index in [1.165, 1.54) is 12.1 Å². The number of rotatable bonds is 3. The van der Waals surface area contributed by atoms with Crippen molar-refractivity contribution in [3.8, 4) is 0 Å². The van der Waals surface area contributed by atoms with Crippen molar-refractivity contribution in [3.05, 3.63) is 35.4 Å². The Hall–Kier alpha value is -0.230. The summed E-state index contributed by atoms with van der Waals surface area (Å²) in [4.78, 5) is 0. The summed E-state index contributed by atoms with van der Waals surface area (Å²) in [5.74, 6) is -1.03. The molecule has 0 aliphatic carbocycles. The van der Waals surface area contributed by atoms with Gasteiger partial charge in [-0.15, -0.1) is 0 Å². The van der Waals surface area contributed by atoms with Gasteiger partial charge < -0.3 is 4.74 Å². The molecule has 1 nitrogen and oxygen atoms in total. The fourth-order valence-electron chi connectivity index (χ4n) is 2.25. The monoisotopic (exact) mass is 338 g/mol. The Morgan fingerprint density at radius 2 is 2.19 bits per heavy atom. The van der Waals surface area contributed by atoms with E-state index in [0.29, 0.717) is 12.2 Å². The Kier molecular flexibility index (Phi) is 3.79. The van der Waals surface area contributed by atoms with Gasteiger partial charge in [-0.2, -0.15) is 0 Å². The fourth-order valence-corrected chi connectivity index (χ4v) is 3.12. The number of halogens is 3. The number of hydrogen-bond donors (Lipinski definition) is 0. The molecule has 0 bridgehead atoms. The van der Waals surface area contributed by atoms with Crippen molar-refractivity contribution >= 4 is 22.6 Å². The Morgan fingerprint density at radius 1 is 1.38 bits per heavy atom. The molecule has 1 atom stereocenters. The van der Waals surface area contributed by atoms with E-state index < -0.39 is 17.2 Å². The molecule has 0 spiro atoms. The lowest BCUT2D eigenvalue weighted by Crippen LogP contribution is -2.26. The molecule has 0 amide bonds. The molecule has 1 fully saturated rings. The third-order valence-corrected chi connectivity index (χ3v) is 3.56. The second-order valence-electron chi connectivity index (χ2n) is 4.01. The van der Waals surface area contributed by atoms with Gasteiger partial charge in [0.05, 0.1) is 5.60 Å². The zero-order chi connectivity index (χ0) is 11.6. The quantitative estimate of drug-likeness (QED) is 0.602. The summed E-state index contributed by atoms with van der Waals surface area (Å²) in [6.07, 6.45) is 2.53. The molecule has 1 aromatic rings. The number of alkyl halides is 1. The molecule has 0 radical (unpaired) electrons. The van der Waals surface area contributed by atoms with E-state index in [1.807, 2.05) is 0 Å². The Morgan fingerprint density at radius 3 is 2.75 bits per heavy atom. The molecule has 0 aromatic heterocycles. The van der Waals surface area contributed by atoms with Gasteiger partial charge in [0.2, 0.25) is 0 Å². The molecule has 1 saturated heterocycles. The molecule has 4 heteroatoms. The summed E-state index contributed by atoms with van der Waals surface area (Å²) in [6, 6.07) is 3.75. The summed E-state index contributed by atoms with van der Waals surface area (Å²) in [7, 11) is 0. The van der Waals surface area contributed by atoms with Crippen LogP contribution in [0, 0.1) is 11.6 Å². The molecule has 1 aliphatic rings. The van der Waals surface area contributed by atoms with Gasteiger partial charge >= 0.3 is 0 Å². The van der Waals surface area contributed by atoms with Crippen molar-refractivity contribution in [2.75, 3.05) is 11.0 Å². The average Bonchev–Trinajstić information content (AvgIpc) is 2.67. The second-order valence-corrected chi connectivity index (χ2v) is 5.09. The predicted molar refractivity (Wildman–Crippen MR) is 66.7 cm³/mol. The van der Waals surface area contributed by atoms with Gasteiger partial charge in [0, 0.05) is 22.7 Å². The van der Waals surface area contributed by atoms with Crippen LogP contribution in [-0.4, -0.2) is 11.0 Å². The maximum absolute atomic E-state index is 13.7. The summed E-state index contributed by atoms with van der Waals surface area (Å²) >= 11 is 2.26. The van der Waals surface area contributed by atoms with Gasteiger partial charge in [-0.3, -0.25) is 0 Å². The maximum Gasteiger partial charge on any atom is 0.132 e. The first-order valence-corrected chi connectivity index (χ1v) is 6.86. The van der Waals surface area contributed by atoms with Crippen molar-refractivity contribution in [1.82, 2.24) is 0 Å². The van der Waals surface area contributed by atoms with E-state index in [0.717, 1.165) is 29.8 Å². The third kappa shape index (κ3) is 2.22. The van der Waals surface area contributed by atoms with Crippen molar-refractivity contribution in [2.24, 2.45) is 0 Å². The van der Waals surface area contributed by atoms with Gasteiger partial charge in [-0.1, -0.05) is 28.7 Å². The molecule has 1 heterocycles. The maximum atomic E-state index is 13.7. The molecule has 2 rings (SSSR count). The zero-order valence-corrected chi connectivity index (χ0v) is 11.0. The standard InChI is InChI=1S/C12H13F2IO/c13-9-2-3-10(11(14)8-9)12(5-6-15)4-1-7-16-12/h2-3,8H,1,4-7H2. The number of benzene rings is 1. The SMILES string of the molecule is Fc1ccc(C2(CCI)CCCO2)c(F)c1. The van der Waals surface area contributed by atoms with Gasteiger partial charge in [0.1, 0.15) is 11.6 Å². The van der Waals surface area contributed by atoms with Crippen LogP contribution in [-0.2, 0) is 10.3 Å². The van der Waals surface area contributed by atoms with Gasteiger partial charge in [-0.05, 0) is 25.3 Å². The van der Waals surface area contributed by atoms with Crippen molar-refractivity contribution in [2.45, 2.75) is 24.9 Å². The smallest absolute Gasteiger partial charge is 0.132 e. The highest BCUT2D eigenvalue weighted by Crippen LogP contribution is 2.40. The van der Waals surface area contributed by atoms with E-state index >= 15 is 0 Å². The van der Waals surface area contributed by atoms with Gasteiger partial charge in [0.25, 0.3) is 0 Å². The molecule has 1 aromatic carbocycles.